The summed E-state index contributed by atoms with van der Waals surface area (Å²) in [7, 11) is 0. The van der Waals surface area contributed by atoms with Crippen LogP contribution < -0.4 is 5.32 Å². The lowest BCUT2D eigenvalue weighted by atomic mass is 10.1. The molecular formula is C11H12BrNO2. The van der Waals surface area contributed by atoms with Crippen LogP contribution in [0.15, 0.2) is 30.3 Å². The second-order valence-corrected chi connectivity index (χ2v) is 4.53. The predicted molar refractivity (Wildman–Crippen MR) is 60.6 cm³/mol. The Balaban J connectivity index is 2.16. The monoisotopic (exact) mass is 269 g/mol. The molecule has 0 aliphatic carbocycles. The largest absolute Gasteiger partial charge is 0.350 e. The smallest absolute Gasteiger partial charge is 0.238 e. The van der Waals surface area contributed by atoms with Gasteiger partial charge in [-0.3, -0.25) is 4.79 Å². The van der Waals surface area contributed by atoms with Crippen LogP contribution >= 0.6 is 15.9 Å². The number of benzene rings is 1. The molecule has 1 aromatic rings. The van der Waals surface area contributed by atoms with Crippen molar-refractivity contribution in [3.05, 3.63) is 35.9 Å². The summed E-state index contributed by atoms with van der Waals surface area (Å²) in [5, 5.41) is 2.80. The van der Waals surface area contributed by atoms with Crippen molar-refractivity contribution < 1.29 is 9.53 Å². The molecule has 1 N–H and O–H groups in total. The van der Waals surface area contributed by atoms with Crippen molar-refractivity contribution >= 4 is 21.8 Å². The zero-order chi connectivity index (χ0) is 10.8. The van der Waals surface area contributed by atoms with Crippen LogP contribution in [0.1, 0.15) is 18.7 Å². The van der Waals surface area contributed by atoms with Gasteiger partial charge in [-0.15, -0.1) is 0 Å². The summed E-state index contributed by atoms with van der Waals surface area (Å²) in [6.07, 6.45) is -0.452. The van der Waals surface area contributed by atoms with Crippen LogP contribution in [0, 0.1) is 0 Å². The van der Waals surface area contributed by atoms with Gasteiger partial charge in [0.2, 0.25) is 5.91 Å². The molecule has 15 heavy (non-hydrogen) atoms. The van der Waals surface area contributed by atoms with E-state index in [1.807, 2.05) is 37.3 Å². The summed E-state index contributed by atoms with van der Waals surface area (Å²) in [5.74, 6) is -0.0254. The van der Waals surface area contributed by atoms with Crippen LogP contribution in [-0.4, -0.2) is 16.8 Å². The molecule has 3 nitrogen and oxygen atoms in total. The molecule has 1 aliphatic rings. The maximum atomic E-state index is 11.6. The highest BCUT2D eigenvalue weighted by molar-refractivity contribution is 9.10. The number of halogens is 1. The van der Waals surface area contributed by atoms with E-state index in [1.165, 1.54) is 0 Å². The van der Waals surface area contributed by atoms with Crippen molar-refractivity contribution in [3.8, 4) is 0 Å². The van der Waals surface area contributed by atoms with Gasteiger partial charge in [0.05, 0.1) is 6.10 Å². The molecule has 1 fully saturated rings. The van der Waals surface area contributed by atoms with Crippen LogP contribution in [0.5, 0.6) is 0 Å². The Morgan fingerprint density at radius 3 is 2.60 bits per heavy atom. The van der Waals surface area contributed by atoms with Gasteiger partial charge in [-0.2, -0.15) is 0 Å². The van der Waals surface area contributed by atoms with Crippen molar-refractivity contribution in [3.63, 3.8) is 0 Å². The number of alkyl halides is 1. The minimum absolute atomic E-state index is 0.0254. The van der Waals surface area contributed by atoms with Crippen LogP contribution in [0.25, 0.3) is 0 Å². The molecule has 1 amide bonds. The first kappa shape index (κ1) is 10.6. The number of nitrogens with one attached hydrogen (secondary N) is 1. The maximum Gasteiger partial charge on any atom is 0.238 e. The molecule has 1 heterocycles. The van der Waals surface area contributed by atoms with Gasteiger partial charge in [-0.05, 0) is 6.92 Å². The van der Waals surface area contributed by atoms with Gasteiger partial charge in [-0.25, -0.2) is 0 Å². The van der Waals surface area contributed by atoms with Gasteiger partial charge in [0, 0.05) is 5.56 Å². The standard InChI is InChI=1S/C11H12BrNO2/c1-7-9(12)10(14)13-11(15-7)8-5-3-2-4-6-8/h2-7,9,11H,1H3,(H,13,14)/t7-,9+,11+/m1/s1. The lowest BCUT2D eigenvalue weighted by Gasteiger charge is -2.32. The molecule has 1 aliphatic heterocycles. The molecule has 80 valence electrons. The number of amides is 1. The molecule has 3 atom stereocenters. The highest BCUT2D eigenvalue weighted by Gasteiger charge is 2.33. The molecule has 0 spiro atoms. The molecule has 0 unspecified atom stereocenters. The Labute approximate surface area is 96.9 Å². The van der Waals surface area contributed by atoms with Gasteiger partial charge in [-0.1, -0.05) is 46.3 Å². The third kappa shape index (κ3) is 2.21. The summed E-state index contributed by atoms with van der Waals surface area (Å²) < 4.78 is 5.68. The highest BCUT2D eigenvalue weighted by Crippen LogP contribution is 2.24. The SMILES string of the molecule is C[C@H]1O[C@@H](c2ccccc2)NC(=O)[C@H]1Br. The molecule has 0 bridgehead atoms. The van der Waals surface area contributed by atoms with Crippen LogP contribution in [0.3, 0.4) is 0 Å². The summed E-state index contributed by atoms with van der Waals surface area (Å²) in [5.41, 5.74) is 0.970. The molecule has 2 rings (SSSR count). The minimum atomic E-state index is -0.331. The number of hydrogen-bond donors (Lipinski definition) is 1. The van der Waals surface area contributed by atoms with Crippen LogP contribution in [-0.2, 0) is 9.53 Å². The average molecular weight is 270 g/mol. The average Bonchev–Trinajstić information content (AvgIpc) is 2.26. The van der Waals surface area contributed by atoms with Crippen molar-refractivity contribution in [2.75, 3.05) is 0 Å². The lowest BCUT2D eigenvalue weighted by molar-refractivity contribution is -0.139. The summed E-state index contributed by atoms with van der Waals surface area (Å²) >= 11 is 3.28. The fourth-order valence-corrected chi connectivity index (χ4v) is 1.79. The number of carbonyl (C=O) groups is 1. The van der Waals surface area contributed by atoms with Gasteiger partial charge < -0.3 is 10.1 Å². The maximum absolute atomic E-state index is 11.6. The molecule has 0 saturated carbocycles. The van der Waals surface area contributed by atoms with Gasteiger partial charge in [0.1, 0.15) is 4.83 Å². The topological polar surface area (TPSA) is 38.3 Å². The third-order valence-corrected chi connectivity index (χ3v) is 3.55. The van der Waals surface area contributed by atoms with E-state index in [9.17, 15) is 4.79 Å². The van der Waals surface area contributed by atoms with Crippen molar-refractivity contribution in [1.29, 1.82) is 0 Å². The third-order valence-electron chi connectivity index (χ3n) is 2.39. The fourth-order valence-electron chi connectivity index (χ4n) is 1.53. The number of hydrogen-bond acceptors (Lipinski definition) is 2. The minimum Gasteiger partial charge on any atom is -0.350 e. The van der Waals surface area contributed by atoms with E-state index in [0.29, 0.717) is 0 Å². The Morgan fingerprint density at radius 1 is 1.33 bits per heavy atom. The number of rotatable bonds is 1. The number of ether oxygens (including phenoxy) is 1. The van der Waals surface area contributed by atoms with Crippen molar-refractivity contribution in [2.24, 2.45) is 0 Å². The van der Waals surface area contributed by atoms with E-state index in [2.05, 4.69) is 21.2 Å². The Morgan fingerprint density at radius 2 is 2.00 bits per heavy atom. The Bertz CT molecular complexity index is 355. The lowest BCUT2D eigenvalue weighted by Crippen LogP contribution is -2.48. The first-order chi connectivity index (χ1) is 7.18. The molecular weight excluding hydrogens is 258 g/mol. The molecule has 0 radical (unpaired) electrons. The first-order valence-electron chi connectivity index (χ1n) is 4.83. The normalized spacial score (nSPS) is 31.1. The van der Waals surface area contributed by atoms with Crippen molar-refractivity contribution in [2.45, 2.75) is 24.1 Å². The zero-order valence-electron chi connectivity index (χ0n) is 8.31. The molecule has 1 saturated heterocycles. The van der Waals surface area contributed by atoms with Gasteiger partial charge >= 0.3 is 0 Å². The van der Waals surface area contributed by atoms with Crippen molar-refractivity contribution in [1.82, 2.24) is 5.32 Å². The first-order valence-corrected chi connectivity index (χ1v) is 5.75. The van der Waals surface area contributed by atoms with E-state index in [1.54, 1.807) is 0 Å². The molecule has 0 aromatic heterocycles. The van der Waals surface area contributed by atoms with Gasteiger partial charge in [0.25, 0.3) is 0 Å². The quantitative estimate of drug-likeness (QED) is 0.792. The van der Waals surface area contributed by atoms with E-state index >= 15 is 0 Å². The Kier molecular flexibility index (Phi) is 3.07. The van der Waals surface area contributed by atoms with Gasteiger partial charge in [0.15, 0.2) is 6.23 Å². The van der Waals surface area contributed by atoms with E-state index < -0.39 is 0 Å². The van der Waals surface area contributed by atoms with E-state index in [4.69, 9.17) is 4.74 Å². The van der Waals surface area contributed by atoms with Crippen LogP contribution in [0.2, 0.25) is 0 Å². The Hall–Kier alpha value is -0.870. The summed E-state index contributed by atoms with van der Waals surface area (Å²) in [6.45, 7) is 1.88. The molecule has 1 aromatic carbocycles. The highest BCUT2D eigenvalue weighted by atomic mass is 79.9. The van der Waals surface area contributed by atoms with Crippen LogP contribution in [0.4, 0.5) is 0 Å². The predicted octanol–water partition coefficient (Wildman–Crippen LogP) is 1.98. The summed E-state index contributed by atoms with van der Waals surface area (Å²) in [6, 6.07) is 9.66. The zero-order valence-corrected chi connectivity index (χ0v) is 9.90. The summed E-state index contributed by atoms with van der Waals surface area (Å²) in [4.78, 5) is 11.3. The fraction of sp³-hybridized carbons (Fsp3) is 0.364. The second kappa shape index (κ2) is 4.33. The van der Waals surface area contributed by atoms with E-state index in [-0.39, 0.29) is 23.1 Å². The second-order valence-electron chi connectivity index (χ2n) is 3.54. The number of carbonyl (C=O) groups excluding carboxylic acids is 1. The van der Waals surface area contributed by atoms with E-state index in [0.717, 1.165) is 5.56 Å². The molecule has 4 heteroatoms.